The lowest BCUT2D eigenvalue weighted by atomic mass is 10.2. The first-order valence-corrected chi connectivity index (χ1v) is 6.05. The number of aliphatic hydroxyl groups is 1. The molecule has 0 aliphatic rings. The molecule has 1 unspecified atom stereocenters. The van der Waals surface area contributed by atoms with E-state index in [1.807, 2.05) is 13.8 Å². The van der Waals surface area contributed by atoms with Crippen LogP contribution in [0.4, 0.5) is 0 Å². The van der Waals surface area contributed by atoms with Gasteiger partial charge < -0.3 is 5.11 Å². The molecular formula is C10H21NOS. The molecule has 0 rings (SSSR count). The van der Waals surface area contributed by atoms with Crippen molar-refractivity contribution in [3.05, 3.63) is 0 Å². The maximum Gasteiger partial charge on any atom is 0.0589 e. The van der Waals surface area contributed by atoms with Crippen LogP contribution in [0.5, 0.6) is 0 Å². The maximum atomic E-state index is 8.63. The van der Waals surface area contributed by atoms with E-state index in [9.17, 15) is 0 Å². The molecule has 0 saturated heterocycles. The Morgan fingerprint density at radius 1 is 1.46 bits per heavy atom. The van der Waals surface area contributed by atoms with Crippen LogP contribution in [0.25, 0.3) is 0 Å². The van der Waals surface area contributed by atoms with Crippen LogP contribution in [0.1, 0.15) is 33.6 Å². The fourth-order valence-corrected chi connectivity index (χ4v) is 1.98. The monoisotopic (exact) mass is 203 g/mol. The van der Waals surface area contributed by atoms with Gasteiger partial charge in [-0.3, -0.25) is 4.99 Å². The van der Waals surface area contributed by atoms with Crippen molar-refractivity contribution in [2.75, 3.05) is 18.1 Å². The standard InChI is InChI=1S/C10H21NOS/c1-4-5-10(11-9(2)3)8-13-7-6-12/h10,12H,4-8H2,1-3H3. The summed E-state index contributed by atoms with van der Waals surface area (Å²) in [5, 5.41) is 8.63. The molecule has 0 aromatic carbocycles. The molecular weight excluding hydrogens is 182 g/mol. The summed E-state index contributed by atoms with van der Waals surface area (Å²) in [6.07, 6.45) is 2.34. The van der Waals surface area contributed by atoms with Crippen molar-refractivity contribution in [3.63, 3.8) is 0 Å². The van der Waals surface area contributed by atoms with Crippen LogP contribution in [0.15, 0.2) is 4.99 Å². The highest BCUT2D eigenvalue weighted by molar-refractivity contribution is 7.99. The molecule has 78 valence electrons. The third-order valence-corrected chi connectivity index (χ3v) is 2.70. The second kappa shape index (κ2) is 8.57. The zero-order valence-electron chi connectivity index (χ0n) is 8.92. The summed E-state index contributed by atoms with van der Waals surface area (Å²) in [5.74, 6) is 1.87. The van der Waals surface area contributed by atoms with Crippen molar-refractivity contribution in [2.45, 2.75) is 39.7 Å². The molecule has 0 saturated carbocycles. The zero-order valence-corrected chi connectivity index (χ0v) is 9.73. The zero-order chi connectivity index (χ0) is 10.1. The lowest BCUT2D eigenvalue weighted by Gasteiger charge is -2.11. The molecule has 2 nitrogen and oxygen atoms in total. The predicted octanol–water partition coefficient (Wildman–Crippen LogP) is 2.36. The Kier molecular flexibility index (Phi) is 8.56. The highest BCUT2D eigenvalue weighted by atomic mass is 32.2. The number of rotatable bonds is 7. The molecule has 1 atom stereocenters. The third-order valence-electron chi connectivity index (χ3n) is 1.61. The molecule has 0 spiro atoms. The van der Waals surface area contributed by atoms with Gasteiger partial charge in [0.05, 0.1) is 12.6 Å². The summed E-state index contributed by atoms with van der Waals surface area (Å²) in [6.45, 7) is 6.54. The minimum atomic E-state index is 0.276. The second-order valence-corrected chi connectivity index (χ2v) is 4.47. The van der Waals surface area contributed by atoms with Crippen molar-refractivity contribution in [2.24, 2.45) is 4.99 Å². The van der Waals surface area contributed by atoms with E-state index in [0.29, 0.717) is 6.04 Å². The Morgan fingerprint density at radius 2 is 2.15 bits per heavy atom. The van der Waals surface area contributed by atoms with Crippen LogP contribution in [-0.4, -0.2) is 35.0 Å². The molecule has 13 heavy (non-hydrogen) atoms. The summed E-state index contributed by atoms with van der Waals surface area (Å²) in [5.41, 5.74) is 1.16. The number of aliphatic hydroxyl groups excluding tert-OH is 1. The molecule has 0 aromatic rings. The first-order valence-electron chi connectivity index (χ1n) is 4.90. The van der Waals surface area contributed by atoms with E-state index < -0.39 is 0 Å². The number of nitrogens with zero attached hydrogens (tertiary/aromatic N) is 1. The second-order valence-electron chi connectivity index (χ2n) is 3.32. The molecule has 3 heteroatoms. The first-order chi connectivity index (χ1) is 6.20. The average molecular weight is 203 g/mol. The van der Waals surface area contributed by atoms with Crippen LogP contribution >= 0.6 is 11.8 Å². The smallest absolute Gasteiger partial charge is 0.0589 e. The topological polar surface area (TPSA) is 32.6 Å². The highest BCUT2D eigenvalue weighted by Crippen LogP contribution is 2.10. The Balaban J connectivity index is 3.73. The van der Waals surface area contributed by atoms with E-state index in [0.717, 1.165) is 23.6 Å². The van der Waals surface area contributed by atoms with Gasteiger partial charge in [0.2, 0.25) is 0 Å². The lowest BCUT2D eigenvalue weighted by Crippen LogP contribution is -2.10. The summed E-state index contributed by atoms with van der Waals surface area (Å²) < 4.78 is 0. The SMILES string of the molecule is CCCC(CSCCO)N=C(C)C. The van der Waals surface area contributed by atoms with E-state index in [4.69, 9.17) is 5.11 Å². The van der Waals surface area contributed by atoms with Crippen LogP contribution in [0.3, 0.4) is 0 Å². The van der Waals surface area contributed by atoms with Crippen molar-refractivity contribution in [1.29, 1.82) is 0 Å². The normalized spacial score (nSPS) is 12.6. The van der Waals surface area contributed by atoms with Crippen LogP contribution in [-0.2, 0) is 0 Å². The first kappa shape index (κ1) is 13.0. The molecule has 0 aromatic heterocycles. The van der Waals surface area contributed by atoms with Gasteiger partial charge in [0.15, 0.2) is 0 Å². The fourth-order valence-electron chi connectivity index (χ4n) is 1.17. The molecule has 1 N–H and O–H groups in total. The quantitative estimate of drug-likeness (QED) is 0.509. The third kappa shape index (κ3) is 8.31. The highest BCUT2D eigenvalue weighted by Gasteiger charge is 2.04. The van der Waals surface area contributed by atoms with Gasteiger partial charge in [-0.2, -0.15) is 11.8 Å². The van der Waals surface area contributed by atoms with Gasteiger partial charge in [-0.1, -0.05) is 13.3 Å². The van der Waals surface area contributed by atoms with Crippen molar-refractivity contribution < 1.29 is 5.11 Å². The lowest BCUT2D eigenvalue weighted by molar-refractivity contribution is 0.322. The minimum Gasteiger partial charge on any atom is -0.396 e. The molecule has 0 bridgehead atoms. The molecule has 0 fully saturated rings. The van der Waals surface area contributed by atoms with Gasteiger partial charge in [-0.25, -0.2) is 0 Å². The molecule has 0 aliphatic carbocycles. The number of thioether (sulfide) groups is 1. The van der Waals surface area contributed by atoms with Gasteiger partial charge in [0.25, 0.3) is 0 Å². The summed E-state index contributed by atoms with van der Waals surface area (Å²) in [6, 6.07) is 0.451. The summed E-state index contributed by atoms with van der Waals surface area (Å²) in [4.78, 5) is 4.55. The van der Waals surface area contributed by atoms with Gasteiger partial charge in [-0.05, 0) is 20.3 Å². The Hall–Kier alpha value is -0.0200. The average Bonchev–Trinajstić information content (AvgIpc) is 2.04. The fraction of sp³-hybridized carbons (Fsp3) is 0.900. The number of hydrogen-bond donors (Lipinski definition) is 1. The van der Waals surface area contributed by atoms with Gasteiger partial charge in [0.1, 0.15) is 0 Å². The summed E-state index contributed by atoms with van der Waals surface area (Å²) in [7, 11) is 0. The molecule has 0 amide bonds. The Bertz CT molecular complexity index is 144. The number of aliphatic imine (C=N–C) groups is 1. The van der Waals surface area contributed by atoms with E-state index in [1.165, 1.54) is 6.42 Å². The van der Waals surface area contributed by atoms with E-state index in [2.05, 4.69) is 11.9 Å². The van der Waals surface area contributed by atoms with Crippen LogP contribution in [0, 0.1) is 0 Å². The van der Waals surface area contributed by atoms with Gasteiger partial charge in [0, 0.05) is 17.2 Å². The molecule has 0 radical (unpaired) electrons. The van der Waals surface area contributed by atoms with E-state index in [1.54, 1.807) is 11.8 Å². The number of hydrogen-bond acceptors (Lipinski definition) is 3. The molecule has 0 heterocycles. The Labute approximate surface area is 85.8 Å². The van der Waals surface area contributed by atoms with E-state index >= 15 is 0 Å². The van der Waals surface area contributed by atoms with E-state index in [-0.39, 0.29) is 6.61 Å². The largest absolute Gasteiger partial charge is 0.396 e. The van der Waals surface area contributed by atoms with Crippen molar-refractivity contribution in [3.8, 4) is 0 Å². The van der Waals surface area contributed by atoms with Crippen LogP contribution in [0.2, 0.25) is 0 Å². The van der Waals surface area contributed by atoms with Crippen molar-refractivity contribution in [1.82, 2.24) is 0 Å². The maximum absolute atomic E-state index is 8.63. The van der Waals surface area contributed by atoms with Crippen LogP contribution < -0.4 is 0 Å². The van der Waals surface area contributed by atoms with Gasteiger partial charge >= 0.3 is 0 Å². The molecule has 0 aliphatic heterocycles. The van der Waals surface area contributed by atoms with Crippen molar-refractivity contribution >= 4 is 17.5 Å². The minimum absolute atomic E-state index is 0.276. The summed E-state index contributed by atoms with van der Waals surface area (Å²) >= 11 is 1.79. The Morgan fingerprint density at radius 3 is 2.62 bits per heavy atom. The van der Waals surface area contributed by atoms with Gasteiger partial charge in [-0.15, -0.1) is 0 Å². The predicted molar refractivity (Wildman–Crippen MR) is 61.9 cm³/mol.